The normalized spacial score (nSPS) is 40.5. The van der Waals surface area contributed by atoms with E-state index in [4.69, 9.17) is 18.9 Å². The number of carbonyl (C=O) groups is 1. The SMILES string of the molecule is CCCCCCCC(CC(=O)O)O[C@@H]1O[C@@H](C)[C@H](O)[C@@H](O)[C@H]1O[C@H]1O[C@@H](C)[C@@H](O)[C@H](O)[C@@H]1O. The van der Waals surface area contributed by atoms with Gasteiger partial charge in [-0.15, -0.1) is 0 Å². The van der Waals surface area contributed by atoms with E-state index >= 15 is 0 Å². The fraction of sp³-hybridized carbons (Fsp3) is 0.955. The van der Waals surface area contributed by atoms with Crippen LogP contribution in [0.25, 0.3) is 0 Å². The molecule has 2 rings (SSSR count). The van der Waals surface area contributed by atoms with Gasteiger partial charge in [0.2, 0.25) is 0 Å². The highest BCUT2D eigenvalue weighted by molar-refractivity contribution is 5.67. The van der Waals surface area contributed by atoms with Crippen LogP contribution < -0.4 is 0 Å². The molecular formula is C22H40O11. The Bertz CT molecular complexity index is 591. The number of ether oxygens (including phenoxy) is 4. The number of carboxylic acid groups (broad SMARTS) is 1. The number of aliphatic hydroxyl groups excluding tert-OH is 5. The molecule has 6 N–H and O–H groups in total. The molecule has 1 unspecified atom stereocenters. The van der Waals surface area contributed by atoms with Gasteiger partial charge in [0.05, 0.1) is 24.7 Å². The van der Waals surface area contributed by atoms with Crippen LogP contribution in [0.2, 0.25) is 0 Å². The second kappa shape index (κ2) is 13.3. The van der Waals surface area contributed by atoms with E-state index in [0.717, 1.165) is 32.1 Å². The van der Waals surface area contributed by atoms with Gasteiger partial charge < -0.3 is 49.6 Å². The standard InChI is InChI=1S/C22H40O11/c1-4-5-6-7-8-9-13(10-14(23)24)32-22-20(18(28)16(26)12(3)31-22)33-21-19(29)17(27)15(25)11(2)30-21/h11-13,15-22,25-29H,4-10H2,1-3H3,(H,23,24)/t11-,12-,13?,15+,16-,17-,18+,19-,20+,21+,22-/m0/s1. The summed E-state index contributed by atoms with van der Waals surface area (Å²) in [5.41, 5.74) is 0. The van der Waals surface area contributed by atoms with Crippen LogP contribution in [0.1, 0.15) is 65.7 Å². The number of aliphatic carboxylic acids is 1. The number of aliphatic hydroxyl groups is 5. The lowest BCUT2D eigenvalue weighted by Crippen LogP contribution is -2.63. The minimum absolute atomic E-state index is 0.280. The number of rotatable bonds is 12. The van der Waals surface area contributed by atoms with Crippen molar-refractivity contribution >= 4 is 5.97 Å². The first-order chi connectivity index (χ1) is 15.6. The Kier molecular flexibility index (Phi) is 11.4. The third-order valence-corrected chi connectivity index (χ3v) is 6.24. The Hall–Kier alpha value is -0.890. The van der Waals surface area contributed by atoms with Gasteiger partial charge in [0.1, 0.15) is 36.6 Å². The van der Waals surface area contributed by atoms with Gasteiger partial charge >= 0.3 is 5.97 Å². The molecule has 0 aliphatic carbocycles. The first kappa shape index (κ1) is 28.3. The van der Waals surface area contributed by atoms with Crippen molar-refractivity contribution in [3.05, 3.63) is 0 Å². The average molecular weight is 481 g/mol. The molecule has 0 saturated carbocycles. The summed E-state index contributed by atoms with van der Waals surface area (Å²) < 4.78 is 22.7. The van der Waals surface area contributed by atoms with Crippen LogP contribution in [-0.4, -0.2) is 104 Å². The molecule has 0 bridgehead atoms. The van der Waals surface area contributed by atoms with Gasteiger partial charge in [-0.05, 0) is 20.3 Å². The van der Waals surface area contributed by atoms with E-state index in [1.54, 1.807) is 0 Å². The Morgan fingerprint density at radius 1 is 0.818 bits per heavy atom. The van der Waals surface area contributed by atoms with Crippen LogP contribution in [0.3, 0.4) is 0 Å². The number of unbranched alkanes of at least 4 members (excludes halogenated alkanes) is 4. The molecule has 0 aromatic heterocycles. The first-order valence-corrected chi connectivity index (χ1v) is 11.8. The predicted molar refractivity (Wildman–Crippen MR) is 114 cm³/mol. The number of hydrogen-bond donors (Lipinski definition) is 6. The Morgan fingerprint density at radius 3 is 2.00 bits per heavy atom. The summed E-state index contributed by atoms with van der Waals surface area (Å²) in [7, 11) is 0. The van der Waals surface area contributed by atoms with Crippen LogP contribution in [-0.2, 0) is 23.7 Å². The second-order valence-corrected chi connectivity index (χ2v) is 9.03. The van der Waals surface area contributed by atoms with Gasteiger partial charge in [0, 0.05) is 0 Å². The van der Waals surface area contributed by atoms with Crippen LogP contribution in [0.15, 0.2) is 0 Å². The molecule has 0 spiro atoms. The molecule has 0 aromatic rings. The maximum atomic E-state index is 11.4. The molecule has 2 saturated heterocycles. The second-order valence-electron chi connectivity index (χ2n) is 9.03. The van der Waals surface area contributed by atoms with Crippen molar-refractivity contribution in [1.29, 1.82) is 0 Å². The van der Waals surface area contributed by atoms with Crippen LogP contribution >= 0.6 is 0 Å². The molecule has 11 nitrogen and oxygen atoms in total. The third kappa shape index (κ3) is 7.81. The fourth-order valence-corrected chi connectivity index (χ4v) is 4.12. The summed E-state index contributed by atoms with van der Waals surface area (Å²) in [5, 5.41) is 60.4. The van der Waals surface area contributed by atoms with Gasteiger partial charge in [-0.3, -0.25) is 4.79 Å². The zero-order chi connectivity index (χ0) is 24.7. The Balaban J connectivity index is 2.11. The smallest absolute Gasteiger partial charge is 0.305 e. The van der Waals surface area contributed by atoms with Crippen LogP contribution in [0.4, 0.5) is 0 Å². The van der Waals surface area contributed by atoms with E-state index in [1.165, 1.54) is 13.8 Å². The zero-order valence-electron chi connectivity index (χ0n) is 19.5. The van der Waals surface area contributed by atoms with Crippen molar-refractivity contribution in [2.45, 2.75) is 133 Å². The molecule has 2 aliphatic rings. The van der Waals surface area contributed by atoms with E-state index in [9.17, 15) is 35.4 Å². The molecule has 2 aliphatic heterocycles. The quantitative estimate of drug-likeness (QED) is 0.205. The maximum Gasteiger partial charge on any atom is 0.305 e. The minimum Gasteiger partial charge on any atom is -0.481 e. The van der Waals surface area contributed by atoms with Crippen LogP contribution in [0.5, 0.6) is 0 Å². The van der Waals surface area contributed by atoms with Gasteiger partial charge in [-0.25, -0.2) is 0 Å². The summed E-state index contributed by atoms with van der Waals surface area (Å²) >= 11 is 0. The molecule has 11 atom stereocenters. The molecule has 0 aromatic carbocycles. The molecule has 194 valence electrons. The number of hydrogen-bond acceptors (Lipinski definition) is 10. The number of carboxylic acids is 1. The Morgan fingerprint density at radius 2 is 1.39 bits per heavy atom. The fourth-order valence-electron chi connectivity index (χ4n) is 4.12. The highest BCUT2D eigenvalue weighted by Crippen LogP contribution is 2.31. The Labute approximate surface area is 194 Å². The van der Waals surface area contributed by atoms with Gasteiger partial charge in [-0.2, -0.15) is 0 Å². The molecule has 11 heteroatoms. The molecule has 2 fully saturated rings. The molecule has 2 heterocycles. The van der Waals surface area contributed by atoms with Crippen molar-refractivity contribution < 1.29 is 54.4 Å². The lowest BCUT2D eigenvalue weighted by molar-refractivity contribution is -0.366. The van der Waals surface area contributed by atoms with Crippen LogP contribution in [0, 0.1) is 0 Å². The maximum absolute atomic E-state index is 11.4. The van der Waals surface area contributed by atoms with E-state index in [1.807, 2.05) is 0 Å². The highest BCUT2D eigenvalue weighted by Gasteiger charge is 2.50. The highest BCUT2D eigenvalue weighted by atomic mass is 16.8. The van der Waals surface area contributed by atoms with Crippen molar-refractivity contribution in [3.63, 3.8) is 0 Å². The van der Waals surface area contributed by atoms with E-state index < -0.39 is 73.5 Å². The van der Waals surface area contributed by atoms with Crippen molar-refractivity contribution in [3.8, 4) is 0 Å². The first-order valence-electron chi connectivity index (χ1n) is 11.8. The van der Waals surface area contributed by atoms with E-state index in [2.05, 4.69) is 6.92 Å². The lowest BCUT2D eigenvalue weighted by Gasteiger charge is -2.46. The van der Waals surface area contributed by atoms with E-state index in [0.29, 0.717) is 6.42 Å². The summed E-state index contributed by atoms with van der Waals surface area (Å²) in [6, 6.07) is 0. The molecule has 0 amide bonds. The molecule has 33 heavy (non-hydrogen) atoms. The van der Waals surface area contributed by atoms with Gasteiger partial charge in [0.15, 0.2) is 12.6 Å². The van der Waals surface area contributed by atoms with Crippen molar-refractivity contribution in [2.75, 3.05) is 0 Å². The summed E-state index contributed by atoms with van der Waals surface area (Å²) in [5.74, 6) is -1.05. The van der Waals surface area contributed by atoms with Crippen molar-refractivity contribution in [1.82, 2.24) is 0 Å². The summed E-state index contributed by atoms with van der Waals surface area (Å²) in [6.45, 7) is 5.12. The monoisotopic (exact) mass is 480 g/mol. The van der Waals surface area contributed by atoms with E-state index in [-0.39, 0.29) is 6.42 Å². The zero-order valence-corrected chi connectivity index (χ0v) is 19.5. The topological polar surface area (TPSA) is 175 Å². The minimum atomic E-state index is -1.63. The molecular weight excluding hydrogens is 440 g/mol. The van der Waals surface area contributed by atoms with Crippen molar-refractivity contribution in [2.24, 2.45) is 0 Å². The van der Waals surface area contributed by atoms with Gasteiger partial charge in [-0.1, -0.05) is 39.0 Å². The molecule has 0 radical (unpaired) electrons. The third-order valence-electron chi connectivity index (χ3n) is 6.24. The average Bonchev–Trinajstić information content (AvgIpc) is 2.76. The van der Waals surface area contributed by atoms with Gasteiger partial charge in [0.25, 0.3) is 0 Å². The summed E-state index contributed by atoms with van der Waals surface area (Å²) in [6.07, 6.45) is -8.75. The summed E-state index contributed by atoms with van der Waals surface area (Å²) in [4.78, 5) is 11.4. The predicted octanol–water partition coefficient (Wildman–Crippen LogP) is -0.114. The largest absolute Gasteiger partial charge is 0.481 e. The lowest BCUT2D eigenvalue weighted by atomic mass is 9.97.